The number of methoxy groups -OCH3 is 1. The molecule has 7 nitrogen and oxygen atoms in total. The van der Waals surface area contributed by atoms with Crippen LogP contribution in [0.3, 0.4) is 0 Å². The number of unbranched alkanes of at least 4 members (excludes halogenated alkanes) is 1. The van der Waals surface area contributed by atoms with Crippen LogP contribution >= 0.6 is 0 Å². The number of esters is 2. The Morgan fingerprint density at radius 3 is 2.29 bits per heavy atom. The number of ether oxygens (including phenoxy) is 3. The van der Waals surface area contributed by atoms with Gasteiger partial charge in [-0.05, 0) is 70.8 Å². The van der Waals surface area contributed by atoms with Gasteiger partial charge in [-0.15, -0.1) is 0 Å². The van der Waals surface area contributed by atoms with Crippen molar-refractivity contribution in [3.05, 3.63) is 47.7 Å². The van der Waals surface area contributed by atoms with Crippen molar-refractivity contribution in [2.75, 3.05) is 7.11 Å². The minimum Gasteiger partial charge on any atom is -0.464 e. The predicted octanol–water partition coefficient (Wildman–Crippen LogP) is 5.97. The molecule has 3 atom stereocenters. The molecule has 0 aromatic heterocycles. The van der Waals surface area contributed by atoms with E-state index in [2.05, 4.69) is 24.4 Å². The Morgan fingerprint density at radius 1 is 1.09 bits per heavy atom. The maximum Gasteiger partial charge on any atom is 0.412 e. The average Bonchev–Trinajstić information content (AvgIpc) is 2.76. The molecule has 0 bridgehead atoms. The van der Waals surface area contributed by atoms with Gasteiger partial charge in [0, 0.05) is 6.92 Å². The maximum absolute atomic E-state index is 12.3. The fraction of sp³-hybridized carbons (Fsp3) is 0.607. The van der Waals surface area contributed by atoms with Crippen LogP contribution in [0.25, 0.3) is 0 Å². The molecule has 1 aromatic carbocycles. The first-order chi connectivity index (χ1) is 16.5. The summed E-state index contributed by atoms with van der Waals surface area (Å²) >= 11 is 0. The highest BCUT2D eigenvalue weighted by molar-refractivity contribution is 5.92. The van der Waals surface area contributed by atoms with E-state index < -0.39 is 17.7 Å². The molecule has 0 aliphatic carbocycles. The van der Waals surface area contributed by atoms with Crippen molar-refractivity contribution in [2.24, 2.45) is 11.8 Å². The van der Waals surface area contributed by atoms with Crippen LogP contribution in [0.1, 0.15) is 79.2 Å². The van der Waals surface area contributed by atoms with Crippen molar-refractivity contribution in [1.29, 1.82) is 0 Å². The highest BCUT2D eigenvalue weighted by atomic mass is 16.6. The van der Waals surface area contributed by atoms with Crippen molar-refractivity contribution in [3.63, 3.8) is 0 Å². The third kappa shape index (κ3) is 12.4. The normalized spacial score (nSPS) is 14.4. The zero-order valence-electron chi connectivity index (χ0n) is 22.4. The van der Waals surface area contributed by atoms with Gasteiger partial charge < -0.3 is 14.2 Å². The molecule has 1 aromatic rings. The second kappa shape index (κ2) is 15.2. The van der Waals surface area contributed by atoms with Crippen LogP contribution in [0.5, 0.6) is 0 Å². The second-order valence-electron chi connectivity index (χ2n) is 9.88. The molecule has 0 saturated carbocycles. The molecule has 1 rings (SSSR count). The van der Waals surface area contributed by atoms with Crippen molar-refractivity contribution in [1.82, 2.24) is 5.32 Å². The summed E-state index contributed by atoms with van der Waals surface area (Å²) < 4.78 is 15.7. The number of benzene rings is 1. The highest BCUT2D eigenvalue weighted by Gasteiger charge is 2.28. The molecule has 0 heterocycles. The van der Waals surface area contributed by atoms with Gasteiger partial charge in [-0.25, -0.2) is 9.59 Å². The van der Waals surface area contributed by atoms with Gasteiger partial charge in [-0.2, -0.15) is 0 Å². The Balaban J connectivity index is 3.12. The van der Waals surface area contributed by atoms with Crippen molar-refractivity contribution < 1.29 is 28.6 Å². The van der Waals surface area contributed by atoms with Gasteiger partial charge in [0.2, 0.25) is 0 Å². The second-order valence-corrected chi connectivity index (χ2v) is 9.88. The van der Waals surface area contributed by atoms with Gasteiger partial charge in [0.05, 0.1) is 7.11 Å². The number of carbonyl (C=O) groups is 3. The van der Waals surface area contributed by atoms with E-state index in [-0.39, 0.29) is 29.6 Å². The fourth-order valence-electron chi connectivity index (χ4n) is 4.18. The van der Waals surface area contributed by atoms with E-state index >= 15 is 0 Å². The van der Waals surface area contributed by atoms with E-state index in [1.54, 1.807) is 26.8 Å². The Labute approximate surface area is 210 Å². The standard InChI is InChI=1S/C28H43NO6/c1-8-9-17-24(20(2)34-21(3)30)23(19-22-14-11-10-12-15-22)16-13-18-25(26(31)33-7)29-27(32)35-28(4,5)6/h10-12,14-15,18,20,23-24H,8-9,13,16-17,19H2,1-7H3,(H,29,32)/b25-18-/t20-,23+,24-/m0/s1. The lowest BCUT2D eigenvalue weighted by atomic mass is 9.78. The highest BCUT2D eigenvalue weighted by Crippen LogP contribution is 2.31. The van der Waals surface area contributed by atoms with E-state index in [0.717, 1.165) is 32.1 Å². The summed E-state index contributed by atoms with van der Waals surface area (Å²) in [6.07, 6.45) is 5.86. The van der Waals surface area contributed by atoms with Gasteiger partial charge in [0.25, 0.3) is 0 Å². The fourth-order valence-corrected chi connectivity index (χ4v) is 4.18. The minimum absolute atomic E-state index is 0.0540. The Bertz CT molecular complexity index is 828. The lowest BCUT2D eigenvalue weighted by Gasteiger charge is -2.32. The van der Waals surface area contributed by atoms with Crippen LogP contribution in [-0.2, 0) is 30.2 Å². The summed E-state index contributed by atoms with van der Waals surface area (Å²) in [6.45, 7) is 10.8. The minimum atomic E-state index is -0.709. The van der Waals surface area contributed by atoms with E-state index in [1.807, 2.05) is 25.1 Å². The Kier molecular flexibility index (Phi) is 13.1. The quantitative estimate of drug-likeness (QED) is 0.209. The number of hydrogen-bond acceptors (Lipinski definition) is 6. The van der Waals surface area contributed by atoms with Gasteiger partial charge in [-0.3, -0.25) is 10.1 Å². The molecule has 0 aliphatic rings. The summed E-state index contributed by atoms with van der Waals surface area (Å²) in [4.78, 5) is 36.2. The van der Waals surface area contributed by atoms with E-state index in [9.17, 15) is 14.4 Å². The van der Waals surface area contributed by atoms with Gasteiger partial charge in [-0.1, -0.05) is 56.2 Å². The number of alkyl carbamates (subject to hydrolysis) is 1. The number of carbonyl (C=O) groups excluding carboxylic acids is 3. The number of allylic oxidation sites excluding steroid dienone is 1. The van der Waals surface area contributed by atoms with Crippen LogP contribution < -0.4 is 5.32 Å². The average molecular weight is 490 g/mol. The van der Waals surface area contributed by atoms with Gasteiger partial charge >= 0.3 is 18.0 Å². The number of amides is 1. The number of rotatable bonds is 13. The topological polar surface area (TPSA) is 90.9 Å². The van der Waals surface area contributed by atoms with Crippen LogP contribution in [0.4, 0.5) is 4.79 Å². The molecule has 0 aliphatic heterocycles. The van der Waals surface area contributed by atoms with Crippen LogP contribution in [0, 0.1) is 11.8 Å². The zero-order chi connectivity index (χ0) is 26.4. The summed E-state index contributed by atoms with van der Waals surface area (Å²) in [7, 11) is 1.27. The molecule has 196 valence electrons. The summed E-state index contributed by atoms with van der Waals surface area (Å²) in [6, 6.07) is 10.2. The predicted molar refractivity (Wildman–Crippen MR) is 137 cm³/mol. The van der Waals surface area contributed by atoms with E-state index in [1.165, 1.54) is 19.6 Å². The Morgan fingerprint density at radius 2 is 1.74 bits per heavy atom. The zero-order valence-corrected chi connectivity index (χ0v) is 22.4. The molecule has 1 amide bonds. The molecule has 0 saturated heterocycles. The molecular formula is C28H43NO6. The molecular weight excluding hydrogens is 446 g/mol. The molecule has 0 unspecified atom stereocenters. The van der Waals surface area contributed by atoms with Crippen molar-refractivity contribution in [2.45, 2.75) is 91.8 Å². The van der Waals surface area contributed by atoms with Crippen LogP contribution in [0.15, 0.2) is 42.1 Å². The largest absolute Gasteiger partial charge is 0.464 e. The summed E-state index contributed by atoms with van der Waals surface area (Å²) in [5.74, 6) is -0.555. The molecule has 7 heteroatoms. The molecule has 0 spiro atoms. The first-order valence-electron chi connectivity index (χ1n) is 12.5. The van der Waals surface area contributed by atoms with Gasteiger partial charge in [0.1, 0.15) is 17.4 Å². The first kappa shape index (κ1) is 30.2. The SMILES string of the molecule is CCCC[C@H]([C@H](CC/C=C(\NC(=O)OC(C)(C)C)C(=O)OC)Cc1ccccc1)[C@H](C)OC(C)=O. The molecule has 35 heavy (non-hydrogen) atoms. The molecule has 1 N–H and O–H groups in total. The summed E-state index contributed by atoms with van der Waals surface area (Å²) in [5, 5.41) is 2.52. The smallest absolute Gasteiger partial charge is 0.412 e. The Hall–Kier alpha value is -2.83. The van der Waals surface area contributed by atoms with E-state index in [0.29, 0.717) is 6.42 Å². The van der Waals surface area contributed by atoms with Gasteiger partial charge in [0.15, 0.2) is 0 Å². The first-order valence-corrected chi connectivity index (χ1v) is 12.5. The third-order valence-corrected chi connectivity index (χ3v) is 5.72. The lowest BCUT2D eigenvalue weighted by molar-refractivity contribution is -0.149. The number of hydrogen-bond donors (Lipinski definition) is 1. The lowest BCUT2D eigenvalue weighted by Crippen LogP contribution is -2.34. The van der Waals surface area contributed by atoms with Crippen molar-refractivity contribution in [3.8, 4) is 0 Å². The molecule has 0 fully saturated rings. The maximum atomic E-state index is 12.3. The molecule has 0 radical (unpaired) electrons. The number of nitrogens with one attached hydrogen (secondary N) is 1. The summed E-state index contributed by atoms with van der Waals surface area (Å²) in [5.41, 5.74) is 0.572. The third-order valence-electron chi connectivity index (χ3n) is 5.72. The van der Waals surface area contributed by atoms with Crippen LogP contribution in [-0.4, -0.2) is 36.8 Å². The van der Waals surface area contributed by atoms with Crippen molar-refractivity contribution >= 4 is 18.0 Å². The van der Waals surface area contributed by atoms with Crippen LogP contribution in [0.2, 0.25) is 0 Å². The van der Waals surface area contributed by atoms with E-state index in [4.69, 9.17) is 14.2 Å². The monoisotopic (exact) mass is 489 g/mol.